The summed E-state index contributed by atoms with van der Waals surface area (Å²) in [5, 5.41) is 9.20. The number of thioether (sulfide) groups is 1. The van der Waals surface area contributed by atoms with Gasteiger partial charge < -0.3 is 9.64 Å². The number of hydrogen-bond donors (Lipinski definition) is 0. The van der Waals surface area contributed by atoms with Gasteiger partial charge in [0.25, 0.3) is 5.91 Å². The molecule has 1 atom stereocenters. The molecule has 11 nitrogen and oxygen atoms in total. The lowest BCUT2D eigenvalue weighted by molar-refractivity contribution is -0.534. The number of rotatable bonds is 6. The highest BCUT2D eigenvalue weighted by Crippen LogP contribution is 2.27. The average Bonchev–Trinajstić information content (AvgIpc) is 3.50. The van der Waals surface area contributed by atoms with Gasteiger partial charge in [-0.2, -0.15) is 0 Å². The Morgan fingerprint density at radius 3 is 2.47 bits per heavy atom. The van der Waals surface area contributed by atoms with Crippen molar-refractivity contribution in [3.8, 4) is 5.75 Å². The molecule has 1 unspecified atom stereocenters. The minimum Gasteiger partial charge on any atom is -0.497 e. The van der Waals surface area contributed by atoms with Crippen LogP contribution in [0.25, 0.3) is 0 Å². The number of amides is 3. The van der Waals surface area contributed by atoms with E-state index in [1.54, 1.807) is 37.3 Å². The minimum atomic E-state index is -0.607. The van der Waals surface area contributed by atoms with E-state index in [4.69, 9.17) is 9.73 Å². The van der Waals surface area contributed by atoms with Crippen molar-refractivity contribution in [2.75, 3.05) is 64.6 Å². The van der Waals surface area contributed by atoms with Gasteiger partial charge in [0, 0.05) is 38.6 Å². The molecule has 2 saturated heterocycles. The van der Waals surface area contributed by atoms with Gasteiger partial charge in [-0.1, -0.05) is 28.1 Å². The van der Waals surface area contributed by atoms with Gasteiger partial charge in [0.05, 0.1) is 26.7 Å². The van der Waals surface area contributed by atoms with Gasteiger partial charge in [-0.15, -0.1) is 10.2 Å². The molecule has 0 bridgehead atoms. The van der Waals surface area contributed by atoms with Gasteiger partial charge in [0.15, 0.2) is 4.34 Å². The third-order valence-corrected chi connectivity index (χ3v) is 8.53. The van der Waals surface area contributed by atoms with Crippen LogP contribution in [0.2, 0.25) is 0 Å². The molecule has 1 aromatic heterocycles. The van der Waals surface area contributed by atoms with Gasteiger partial charge in [0.2, 0.25) is 11.9 Å². The van der Waals surface area contributed by atoms with Gasteiger partial charge in [-0.25, -0.2) is 9.69 Å². The first-order valence-electron chi connectivity index (χ1n) is 11.7. The van der Waals surface area contributed by atoms with E-state index in [0.717, 1.165) is 58.7 Å². The fourth-order valence-electron chi connectivity index (χ4n) is 4.59. The molecular weight excluding hydrogens is 500 g/mol. The van der Waals surface area contributed by atoms with Crippen LogP contribution in [0.5, 0.6) is 5.75 Å². The lowest BCUT2D eigenvalue weighted by Gasteiger charge is -2.34. The smallest absolute Gasteiger partial charge is 0.392 e. The van der Waals surface area contributed by atoms with Gasteiger partial charge in [0.1, 0.15) is 10.8 Å². The second-order valence-corrected chi connectivity index (χ2v) is 11.2. The first-order valence-corrected chi connectivity index (χ1v) is 13.5. The number of likely N-dealkylation sites (N-methyl/N-ethyl adjacent to an activating group) is 2. The maximum atomic E-state index is 13.2. The Balaban J connectivity index is 1.37. The van der Waals surface area contributed by atoms with Crippen LogP contribution in [0.3, 0.4) is 0 Å². The molecule has 190 valence electrons. The maximum Gasteiger partial charge on any atom is 0.392 e. The van der Waals surface area contributed by atoms with Crippen molar-refractivity contribution in [3.05, 3.63) is 29.3 Å². The van der Waals surface area contributed by atoms with Crippen LogP contribution in [-0.4, -0.2) is 119 Å². The summed E-state index contributed by atoms with van der Waals surface area (Å²) in [6.45, 7) is 5.68. The van der Waals surface area contributed by atoms with E-state index in [1.807, 2.05) is 24.0 Å². The van der Waals surface area contributed by atoms with Crippen molar-refractivity contribution in [2.45, 2.75) is 17.3 Å². The van der Waals surface area contributed by atoms with Gasteiger partial charge in [-0.3, -0.25) is 19.2 Å². The molecule has 2 fully saturated rings. The van der Waals surface area contributed by atoms with Crippen LogP contribution in [0.15, 0.2) is 33.6 Å². The van der Waals surface area contributed by atoms with Gasteiger partial charge in [-0.05, 0) is 31.2 Å². The summed E-state index contributed by atoms with van der Waals surface area (Å²) in [6, 6.07) is 7.11. The number of aliphatic imine (C=N–C) groups is 1. The number of ether oxygens (including phenoxy) is 1. The molecular formula is C23H29N8O3S2+. The van der Waals surface area contributed by atoms with Crippen molar-refractivity contribution < 1.29 is 18.9 Å². The Labute approximate surface area is 218 Å². The number of hydrogen-bond acceptors (Lipinski definition) is 8. The number of urea groups is 1. The Hall–Kier alpha value is -3.19. The number of imide groups is 1. The predicted molar refractivity (Wildman–Crippen MR) is 139 cm³/mol. The van der Waals surface area contributed by atoms with Crippen LogP contribution in [0.4, 0.5) is 10.5 Å². The zero-order valence-electron chi connectivity index (χ0n) is 20.7. The summed E-state index contributed by atoms with van der Waals surface area (Å²) in [4.78, 5) is 37.7. The fourth-order valence-corrected chi connectivity index (χ4v) is 6.42. The quantitative estimate of drug-likeness (QED) is 0.410. The number of piperazine rings is 1. The number of methoxy groups -OCH3 is 1. The zero-order valence-corrected chi connectivity index (χ0v) is 22.4. The fraction of sp³-hybridized carbons (Fsp3) is 0.478. The molecule has 4 heterocycles. The summed E-state index contributed by atoms with van der Waals surface area (Å²) in [6.07, 6.45) is 0. The molecule has 3 aliphatic heterocycles. The number of nitrogens with zero attached hydrogens (tertiary/aromatic N) is 8. The largest absolute Gasteiger partial charge is 0.497 e. The number of anilines is 1. The lowest BCUT2D eigenvalue weighted by atomic mass is 10.1. The molecule has 36 heavy (non-hydrogen) atoms. The number of aryl methyl sites for hydroxylation is 1. The van der Waals surface area contributed by atoms with Crippen molar-refractivity contribution in [3.63, 3.8) is 0 Å². The Morgan fingerprint density at radius 1 is 1.11 bits per heavy atom. The van der Waals surface area contributed by atoms with Crippen molar-refractivity contribution >= 4 is 52.5 Å². The second-order valence-electron chi connectivity index (χ2n) is 8.71. The van der Waals surface area contributed by atoms with Crippen LogP contribution in [0, 0.1) is 6.92 Å². The standard InChI is InChI=1S/C23H29N8O3S2/c1-15-25-26-22(36-15)35-14-13-31-18-19(27(2)23(33)28(3)20(18)32)24-21(31)30-11-9-29(10-12-30)16-5-7-17(34-4)8-6-16/h5-8,18H,9-14H2,1-4H3/q+1. The van der Waals surface area contributed by atoms with Crippen LogP contribution in [0.1, 0.15) is 5.01 Å². The summed E-state index contributed by atoms with van der Waals surface area (Å²) in [5.74, 6) is 2.55. The van der Waals surface area contributed by atoms with E-state index in [2.05, 4.69) is 31.8 Å². The molecule has 0 N–H and O–H groups in total. The molecule has 1 aromatic carbocycles. The van der Waals surface area contributed by atoms with Crippen LogP contribution >= 0.6 is 23.1 Å². The normalized spacial score (nSPS) is 20.3. The zero-order chi connectivity index (χ0) is 25.4. The third-order valence-electron chi connectivity index (χ3n) is 6.57. The molecule has 0 saturated carbocycles. The molecule has 13 heteroatoms. The minimum absolute atomic E-state index is 0.250. The summed E-state index contributed by atoms with van der Waals surface area (Å²) >= 11 is 3.18. The lowest BCUT2D eigenvalue weighted by Crippen LogP contribution is -2.63. The molecule has 3 aliphatic rings. The van der Waals surface area contributed by atoms with Crippen molar-refractivity contribution in [1.29, 1.82) is 0 Å². The topological polar surface area (TPSA) is 97.5 Å². The Morgan fingerprint density at radius 2 is 1.83 bits per heavy atom. The number of amidine groups is 1. The predicted octanol–water partition coefficient (Wildman–Crippen LogP) is 1.44. The summed E-state index contributed by atoms with van der Waals surface area (Å²) in [7, 11) is 4.87. The molecule has 0 radical (unpaired) electrons. The van der Waals surface area contributed by atoms with E-state index in [1.165, 1.54) is 16.8 Å². The van der Waals surface area contributed by atoms with E-state index in [-0.39, 0.29) is 11.9 Å². The van der Waals surface area contributed by atoms with Crippen molar-refractivity contribution in [1.82, 2.24) is 24.9 Å². The SMILES string of the molecule is COc1ccc(N2CC[N+](=C3N=C4C(C(=O)N(C)C(=O)N4C)N3CCSc3nnc(C)s3)CC2)cc1. The first-order chi connectivity index (χ1) is 17.4. The Bertz CT molecular complexity index is 1220. The number of benzene rings is 1. The third kappa shape index (κ3) is 4.52. The number of guanidine groups is 1. The van der Waals surface area contributed by atoms with Crippen molar-refractivity contribution in [2.24, 2.45) is 4.99 Å². The van der Waals surface area contributed by atoms with Gasteiger partial charge >= 0.3 is 12.0 Å². The van der Waals surface area contributed by atoms with E-state index < -0.39 is 6.04 Å². The van der Waals surface area contributed by atoms with Crippen LogP contribution in [-0.2, 0) is 4.79 Å². The van der Waals surface area contributed by atoms with E-state index >= 15 is 0 Å². The summed E-state index contributed by atoms with van der Waals surface area (Å²) < 4.78 is 8.40. The molecule has 0 aliphatic carbocycles. The highest BCUT2D eigenvalue weighted by Gasteiger charge is 2.55. The summed E-state index contributed by atoms with van der Waals surface area (Å²) in [5.41, 5.74) is 1.15. The number of carbonyl (C=O) groups excluding carboxylic acids is 2. The number of carbonyl (C=O) groups is 2. The Kier molecular flexibility index (Phi) is 6.84. The molecule has 0 spiro atoms. The maximum absolute atomic E-state index is 13.2. The highest BCUT2D eigenvalue weighted by atomic mass is 32.2. The molecule has 5 rings (SSSR count). The average molecular weight is 530 g/mol. The first kappa shape index (κ1) is 24.5. The second kappa shape index (κ2) is 10.1. The molecule has 2 aromatic rings. The number of fused-ring (bicyclic) bond motifs is 1. The van der Waals surface area contributed by atoms with E-state index in [9.17, 15) is 9.59 Å². The molecule has 3 amide bonds. The van der Waals surface area contributed by atoms with E-state index in [0.29, 0.717) is 12.4 Å². The monoisotopic (exact) mass is 529 g/mol. The highest BCUT2D eigenvalue weighted by molar-refractivity contribution is 8.01. The number of aromatic nitrogens is 2. The van der Waals surface area contributed by atoms with Crippen LogP contribution < -0.4 is 9.64 Å².